The highest BCUT2D eigenvalue weighted by atomic mass is 35.5. The normalized spacial score (nSPS) is 18.9. The molecule has 4 aromatic rings. The van der Waals surface area contributed by atoms with Crippen molar-refractivity contribution in [3.8, 4) is 11.1 Å². The number of nitrogen functional groups attached to an aromatic ring is 1. The monoisotopic (exact) mass is 432 g/mol. The van der Waals surface area contributed by atoms with E-state index in [1.807, 2.05) is 48.7 Å². The lowest BCUT2D eigenvalue weighted by atomic mass is 9.85. The van der Waals surface area contributed by atoms with Gasteiger partial charge in [-0.25, -0.2) is 9.50 Å². The summed E-state index contributed by atoms with van der Waals surface area (Å²) in [5, 5.41) is 8.61. The Kier molecular flexibility index (Phi) is 5.26. The third-order valence-corrected chi connectivity index (χ3v) is 6.25. The molecule has 31 heavy (non-hydrogen) atoms. The predicted molar refractivity (Wildman–Crippen MR) is 127 cm³/mol. The van der Waals surface area contributed by atoms with Crippen molar-refractivity contribution < 1.29 is 0 Å². The molecule has 158 valence electrons. The van der Waals surface area contributed by atoms with E-state index >= 15 is 0 Å². The van der Waals surface area contributed by atoms with Gasteiger partial charge in [0.2, 0.25) is 0 Å². The number of rotatable bonds is 4. The summed E-state index contributed by atoms with van der Waals surface area (Å²) in [7, 11) is 0. The first kappa shape index (κ1) is 19.8. The minimum Gasteiger partial charge on any atom is -0.382 e. The minimum atomic E-state index is 0.315. The zero-order valence-electron chi connectivity index (χ0n) is 17.1. The summed E-state index contributed by atoms with van der Waals surface area (Å²) in [6, 6.07) is 18.2. The van der Waals surface area contributed by atoms with Crippen LogP contribution in [0, 0.1) is 0 Å². The van der Waals surface area contributed by atoms with Gasteiger partial charge >= 0.3 is 0 Å². The average Bonchev–Trinajstić information content (AvgIpc) is 3.19. The molecule has 1 aliphatic carbocycles. The van der Waals surface area contributed by atoms with Gasteiger partial charge < -0.3 is 16.8 Å². The number of imidazole rings is 1. The van der Waals surface area contributed by atoms with Crippen molar-refractivity contribution in [2.45, 2.75) is 37.6 Å². The lowest BCUT2D eigenvalue weighted by molar-refractivity contribution is 0.391. The first-order chi connectivity index (χ1) is 15.0. The van der Waals surface area contributed by atoms with E-state index in [1.165, 1.54) is 0 Å². The topological polar surface area (TPSA) is 94.3 Å². The predicted octanol–water partition coefficient (Wildman–Crippen LogP) is 5.36. The number of anilines is 3. The molecule has 0 unspecified atom stereocenters. The molecule has 0 spiro atoms. The lowest BCUT2D eigenvalue weighted by Gasteiger charge is -2.24. The summed E-state index contributed by atoms with van der Waals surface area (Å²) >= 11 is 5.99. The molecule has 1 aliphatic rings. The van der Waals surface area contributed by atoms with Gasteiger partial charge in [0.05, 0.1) is 17.6 Å². The fraction of sp³-hybridized carbons (Fsp3) is 0.250. The number of hydrogen-bond acceptors (Lipinski definition) is 5. The van der Waals surface area contributed by atoms with E-state index in [0.717, 1.165) is 64.5 Å². The van der Waals surface area contributed by atoms with Crippen LogP contribution in [0.4, 0.5) is 17.2 Å². The highest BCUT2D eigenvalue weighted by molar-refractivity contribution is 6.30. The van der Waals surface area contributed by atoms with Crippen molar-refractivity contribution in [3.63, 3.8) is 0 Å². The largest absolute Gasteiger partial charge is 0.382 e. The molecule has 5 rings (SSSR count). The molecule has 2 aromatic carbocycles. The van der Waals surface area contributed by atoms with E-state index < -0.39 is 0 Å². The third-order valence-electron chi connectivity index (χ3n) is 5.99. The minimum absolute atomic E-state index is 0.315. The molecule has 0 amide bonds. The summed E-state index contributed by atoms with van der Waals surface area (Å²) in [5.41, 5.74) is 18.0. The van der Waals surface area contributed by atoms with Crippen LogP contribution in [0.15, 0.2) is 60.8 Å². The van der Waals surface area contributed by atoms with Crippen LogP contribution in [0.5, 0.6) is 0 Å². The summed E-state index contributed by atoms with van der Waals surface area (Å²) < 4.78 is 1.78. The maximum atomic E-state index is 6.07. The lowest BCUT2D eigenvalue weighted by Crippen LogP contribution is -2.25. The zero-order chi connectivity index (χ0) is 21.4. The van der Waals surface area contributed by atoms with Crippen LogP contribution in [0.2, 0.25) is 5.02 Å². The Balaban J connectivity index is 1.41. The standard InChI is InChI=1S/C24H25ClN6/c25-18-7-1-15(2-8-18)16-5-11-20(12-6-16)28-21-13-23(27)30-31-14-22(29-24(21)31)17-3-9-19(26)10-4-17/h1-2,5-8,11-14,17,19,28H,3-4,9-10,26H2,(H2,27,30)/t17-,19-. The number of aromatic nitrogens is 3. The maximum Gasteiger partial charge on any atom is 0.177 e. The highest BCUT2D eigenvalue weighted by Gasteiger charge is 2.23. The number of nitrogens with one attached hydrogen (secondary N) is 1. The van der Waals surface area contributed by atoms with Gasteiger partial charge in [-0.2, -0.15) is 0 Å². The molecule has 7 heteroatoms. The molecule has 0 radical (unpaired) electrons. The molecule has 0 aliphatic heterocycles. The summed E-state index contributed by atoms with van der Waals surface area (Å²) in [6.07, 6.45) is 6.21. The van der Waals surface area contributed by atoms with E-state index in [0.29, 0.717) is 17.8 Å². The van der Waals surface area contributed by atoms with Crippen LogP contribution in [-0.2, 0) is 0 Å². The second-order valence-electron chi connectivity index (χ2n) is 8.24. The van der Waals surface area contributed by atoms with Crippen LogP contribution >= 0.6 is 11.6 Å². The first-order valence-electron chi connectivity index (χ1n) is 10.6. The molecule has 0 atom stereocenters. The van der Waals surface area contributed by atoms with Gasteiger partial charge in [0.25, 0.3) is 0 Å². The van der Waals surface area contributed by atoms with Crippen LogP contribution in [0.3, 0.4) is 0 Å². The van der Waals surface area contributed by atoms with E-state index in [9.17, 15) is 0 Å². The van der Waals surface area contributed by atoms with E-state index in [4.69, 9.17) is 28.1 Å². The van der Waals surface area contributed by atoms with Crippen molar-refractivity contribution in [3.05, 3.63) is 71.5 Å². The van der Waals surface area contributed by atoms with Gasteiger partial charge in [-0.1, -0.05) is 35.9 Å². The Morgan fingerprint density at radius 1 is 0.935 bits per heavy atom. The Bertz CT molecular complexity index is 1190. The number of fused-ring (bicyclic) bond motifs is 1. The molecule has 0 saturated heterocycles. The second-order valence-corrected chi connectivity index (χ2v) is 8.67. The maximum absolute atomic E-state index is 6.07. The fourth-order valence-electron chi connectivity index (χ4n) is 4.26. The van der Waals surface area contributed by atoms with Crippen molar-refractivity contribution in [2.75, 3.05) is 11.1 Å². The van der Waals surface area contributed by atoms with Gasteiger partial charge in [0, 0.05) is 28.7 Å². The van der Waals surface area contributed by atoms with Gasteiger partial charge in [-0.05, 0) is 61.1 Å². The van der Waals surface area contributed by atoms with Crippen LogP contribution in [0.1, 0.15) is 37.3 Å². The van der Waals surface area contributed by atoms with Crippen molar-refractivity contribution in [2.24, 2.45) is 5.73 Å². The SMILES string of the molecule is Nc1cc(Nc2ccc(-c3ccc(Cl)cc3)cc2)c2nc([C@H]3CC[C@H](N)CC3)cn2n1. The Morgan fingerprint density at radius 3 is 2.26 bits per heavy atom. The fourth-order valence-corrected chi connectivity index (χ4v) is 4.39. The molecule has 1 saturated carbocycles. The molecule has 1 fully saturated rings. The van der Waals surface area contributed by atoms with Gasteiger partial charge in [-0.15, -0.1) is 5.10 Å². The third kappa shape index (κ3) is 4.22. The van der Waals surface area contributed by atoms with Crippen molar-refractivity contribution in [1.29, 1.82) is 0 Å². The van der Waals surface area contributed by atoms with Gasteiger partial charge in [-0.3, -0.25) is 0 Å². The number of nitrogens with zero attached hydrogens (tertiary/aromatic N) is 3. The Labute approximate surface area is 186 Å². The van der Waals surface area contributed by atoms with Crippen LogP contribution in [-0.4, -0.2) is 20.6 Å². The quantitative estimate of drug-likeness (QED) is 0.403. The van der Waals surface area contributed by atoms with Crippen LogP contribution in [0.25, 0.3) is 16.8 Å². The Morgan fingerprint density at radius 2 is 1.58 bits per heavy atom. The van der Waals surface area contributed by atoms with E-state index in [1.54, 1.807) is 4.52 Å². The van der Waals surface area contributed by atoms with E-state index in [-0.39, 0.29) is 0 Å². The smallest absolute Gasteiger partial charge is 0.177 e. The first-order valence-corrected chi connectivity index (χ1v) is 11.0. The molecule has 0 bridgehead atoms. The molecule has 2 heterocycles. The van der Waals surface area contributed by atoms with Crippen molar-refractivity contribution in [1.82, 2.24) is 14.6 Å². The molecule has 2 aromatic heterocycles. The number of nitrogens with two attached hydrogens (primary N) is 2. The summed E-state index contributed by atoms with van der Waals surface area (Å²) in [5.74, 6) is 0.872. The van der Waals surface area contributed by atoms with Crippen LogP contribution < -0.4 is 16.8 Å². The number of hydrogen-bond donors (Lipinski definition) is 3. The average molecular weight is 433 g/mol. The Hall–Kier alpha value is -3.09. The van der Waals surface area contributed by atoms with E-state index in [2.05, 4.69) is 22.5 Å². The van der Waals surface area contributed by atoms with Crippen molar-refractivity contribution >= 4 is 34.4 Å². The van der Waals surface area contributed by atoms with Gasteiger partial charge in [0.1, 0.15) is 5.82 Å². The summed E-state index contributed by atoms with van der Waals surface area (Å²) in [4.78, 5) is 4.90. The zero-order valence-corrected chi connectivity index (χ0v) is 17.9. The molecular weight excluding hydrogens is 408 g/mol. The highest BCUT2D eigenvalue weighted by Crippen LogP contribution is 2.33. The second kappa shape index (κ2) is 8.21. The van der Waals surface area contributed by atoms with Gasteiger partial charge in [0.15, 0.2) is 5.65 Å². The number of benzene rings is 2. The molecular formula is C24H25ClN6. The molecule has 5 N–H and O–H groups in total. The molecule has 6 nitrogen and oxygen atoms in total. The summed E-state index contributed by atoms with van der Waals surface area (Å²) in [6.45, 7) is 0. The number of halogens is 1.